The smallest absolute Gasteiger partial charge is 0.226 e. The second kappa shape index (κ2) is 14.4. The van der Waals surface area contributed by atoms with Crippen LogP contribution in [0.5, 0.6) is 0 Å². The van der Waals surface area contributed by atoms with E-state index in [0.717, 1.165) is 23.1 Å². The summed E-state index contributed by atoms with van der Waals surface area (Å²) in [5.41, 5.74) is 2.69. The minimum Gasteiger partial charge on any atom is -0.409 e. The maximum Gasteiger partial charge on any atom is 0.226 e. The fraction of sp³-hybridized carbons (Fsp3) is 0.548. The number of aromatic nitrogens is 4. The standard InChI is InChI=1S/C31H47ClN6O3Si2/c1-23(19-38-13-12-28(36-38)24-10-11-25(18-33)27(32)16-24)34-30(39)17-26-20-37(22-40-14-15-42(5,6)7)29(35-26)21-41-43(8,9)31(2,3)4/h10-13,16,20,23H,14-15,17,19,21-22H2,1-9H3,(H,34,39)/t23-/m0/s1. The molecule has 1 amide bonds. The zero-order valence-electron chi connectivity index (χ0n) is 27.1. The van der Waals surface area contributed by atoms with Crippen LogP contribution in [0.3, 0.4) is 0 Å². The zero-order chi connectivity index (χ0) is 32.0. The summed E-state index contributed by atoms with van der Waals surface area (Å²) in [5, 5.41) is 17.3. The lowest BCUT2D eigenvalue weighted by atomic mass is 10.1. The number of imidazole rings is 1. The molecule has 0 aliphatic carbocycles. The van der Waals surface area contributed by atoms with Crippen LogP contribution in [-0.2, 0) is 40.3 Å². The predicted molar refractivity (Wildman–Crippen MR) is 177 cm³/mol. The number of carbonyl (C=O) groups excluding carboxylic acids is 1. The Labute approximate surface area is 263 Å². The molecule has 0 aliphatic rings. The van der Waals surface area contributed by atoms with Gasteiger partial charge in [-0.05, 0) is 49.3 Å². The van der Waals surface area contributed by atoms with Gasteiger partial charge in [-0.3, -0.25) is 9.48 Å². The Kier molecular flexibility index (Phi) is 11.6. The van der Waals surface area contributed by atoms with E-state index in [1.807, 2.05) is 36.0 Å². The highest BCUT2D eigenvalue weighted by Crippen LogP contribution is 2.37. The summed E-state index contributed by atoms with van der Waals surface area (Å²) < 4.78 is 16.2. The molecule has 0 saturated carbocycles. The summed E-state index contributed by atoms with van der Waals surface area (Å²) in [6, 6.07) is 10.1. The average molecular weight is 643 g/mol. The van der Waals surface area contributed by atoms with E-state index in [2.05, 4.69) is 70.0 Å². The summed E-state index contributed by atoms with van der Waals surface area (Å²) in [7, 11) is -3.17. The van der Waals surface area contributed by atoms with Crippen molar-refractivity contribution in [3.05, 3.63) is 58.8 Å². The van der Waals surface area contributed by atoms with Crippen molar-refractivity contribution < 1.29 is 14.0 Å². The highest BCUT2D eigenvalue weighted by atomic mass is 35.5. The summed E-state index contributed by atoms with van der Waals surface area (Å²) in [6.45, 7) is 22.0. The third-order valence-electron chi connectivity index (χ3n) is 7.74. The molecule has 0 bridgehead atoms. The number of nitrogens with one attached hydrogen (secondary N) is 1. The van der Waals surface area contributed by atoms with Crippen LogP contribution in [0.4, 0.5) is 0 Å². The number of hydrogen-bond acceptors (Lipinski definition) is 6. The van der Waals surface area contributed by atoms with Crippen LogP contribution in [0.25, 0.3) is 11.3 Å². The highest BCUT2D eigenvalue weighted by molar-refractivity contribution is 6.76. The number of nitriles is 1. The van der Waals surface area contributed by atoms with Crippen molar-refractivity contribution in [1.82, 2.24) is 24.6 Å². The maximum atomic E-state index is 13.0. The molecule has 12 heteroatoms. The molecule has 1 atom stereocenters. The first kappa shape index (κ1) is 34.7. The number of amides is 1. The van der Waals surface area contributed by atoms with Gasteiger partial charge >= 0.3 is 0 Å². The van der Waals surface area contributed by atoms with Crippen molar-refractivity contribution in [3.63, 3.8) is 0 Å². The SMILES string of the molecule is C[C@@H](Cn1ccc(-c2ccc(C#N)c(Cl)c2)n1)NC(=O)Cc1cn(COCC[Si](C)(C)C)c(CO[Si](C)(C)C(C)(C)C)n1. The molecule has 0 spiro atoms. The third kappa shape index (κ3) is 10.4. The van der Waals surface area contributed by atoms with E-state index in [1.54, 1.807) is 16.8 Å². The normalized spacial score (nSPS) is 13.1. The van der Waals surface area contributed by atoms with Gasteiger partial charge in [0, 0.05) is 38.7 Å². The van der Waals surface area contributed by atoms with E-state index in [-0.39, 0.29) is 23.4 Å². The van der Waals surface area contributed by atoms with Gasteiger partial charge in [-0.1, -0.05) is 58.1 Å². The van der Waals surface area contributed by atoms with Gasteiger partial charge in [0.1, 0.15) is 18.6 Å². The maximum absolute atomic E-state index is 13.0. The Balaban J connectivity index is 1.62. The molecule has 9 nitrogen and oxygen atoms in total. The number of benzene rings is 1. The molecule has 2 heterocycles. The van der Waals surface area contributed by atoms with Gasteiger partial charge in [-0.25, -0.2) is 4.98 Å². The number of rotatable bonds is 14. The fourth-order valence-corrected chi connectivity index (χ4v) is 5.93. The number of carbonyl (C=O) groups is 1. The van der Waals surface area contributed by atoms with Crippen LogP contribution in [0.15, 0.2) is 36.7 Å². The largest absolute Gasteiger partial charge is 0.409 e. The van der Waals surface area contributed by atoms with Gasteiger partial charge in [-0.2, -0.15) is 10.4 Å². The van der Waals surface area contributed by atoms with Crippen LogP contribution in [0.2, 0.25) is 48.8 Å². The van der Waals surface area contributed by atoms with Crippen molar-refractivity contribution in [2.24, 2.45) is 0 Å². The fourth-order valence-electron chi connectivity index (χ4n) is 4.03. The van der Waals surface area contributed by atoms with Gasteiger partial charge in [0.15, 0.2) is 8.32 Å². The molecular weight excluding hydrogens is 596 g/mol. The summed E-state index contributed by atoms with van der Waals surface area (Å²) >= 11 is 6.19. The molecule has 1 aromatic carbocycles. The Bertz CT molecular complexity index is 1430. The Hall–Kier alpha value is -2.76. The van der Waals surface area contributed by atoms with Crippen molar-refractivity contribution in [2.45, 2.75) is 104 Å². The van der Waals surface area contributed by atoms with E-state index in [4.69, 9.17) is 31.0 Å². The Morgan fingerprint density at radius 2 is 1.91 bits per heavy atom. The second-order valence-corrected chi connectivity index (χ2v) is 24.7. The van der Waals surface area contributed by atoms with E-state index < -0.39 is 16.4 Å². The van der Waals surface area contributed by atoms with Crippen molar-refractivity contribution in [2.75, 3.05) is 6.61 Å². The van der Waals surface area contributed by atoms with Crippen LogP contribution in [0, 0.1) is 11.3 Å². The van der Waals surface area contributed by atoms with Crippen molar-refractivity contribution in [3.8, 4) is 17.3 Å². The predicted octanol–water partition coefficient (Wildman–Crippen LogP) is 6.85. The first-order chi connectivity index (χ1) is 20.0. The molecule has 0 unspecified atom stereocenters. The molecule has 2 aromatic heterocycles. The van der Waals surface area contributed by atoms with Gasteiger partial charge in [0.05, 0.1) is 41.5 Å². The minimum absolute atomic E-state index is 0.0848. The molecule has 0 radical (unpaired) electrons. The summed E-state index contributed by atoms with van der Waals surface area (Å²) in [6.07, 6.45) is 3.93. The monoisotopic (exact) mass is 642 g/mol. The first-order valence-electron chi connectivity index (χ1n) is 14.8. The Morgan fingerprint density at radius 3 is 2.53 bits per heavy atom. The quantitative estimate of drug-likeness (QED) is 0.152. The summed E-state index contributed by atoms with van der Waals surface area (Å²) in [4.78, 5) is 17.8. The topological polar surface area (TPSA) is 107 Å². The van der Waals surface area contributed by atoms with E-state index in [1.165, 1.54) is 0 Å². The van der Waals surface area contributed by atoms with E-state index >= 15 is 0 Å². The van der Waals surface area contributed by atoms with E-state index in [9.17, 15) is 4.79 Å². The first-order valence-corrected chi connectivity index (χ1v) is 21.8. The van der Waals surface area contributed by atoms with Gasteiger partial charge in [-0.15, -0.1) is 0 Å². The molecule has 1 N–H and O–H groups in total. The minimum atomic E-state index is -1.98. The Morgan fingerprint density at radius 1 is 1.19 bits per heavy atom. The molecule has 43 heavy (non-hydrogen) atoms. The van der Waals surface area contributed by atoms with Crippen LogP contribution in [-0.4, -0.2) is 54.3 Å². The van der Waals surface area contributed by atoms with Gasteiger partial charge < -0.3 is 19.0 Å². The average Bonchev–Trinajstić information content (AvgIpc) is 3.50. The lowest BCUT2D eigenvalue weighted by Gasteiger charge is -2.36. The number of hydrogen-bond donors (Lipinski definition) is 1. The van der Waals surface area contributed by atoms with Gasteiger partial charge in [0.25, 0.3) is 0 Å². The lowest BCUT2D eigenvalue weighted by Crippen LogP contribution is -2.40. The van der Waals surface area contributed by atoms with Crippen molar-refractivity contribution >= 4 is 33.9 Å². The van der Waals surface area contributed by atoms with Crippen LogP contribution >= 0.6 is 11.6 Å². The molecule has 234 valence electrons. The molecular formula is C31H47ClN6O3Si2. The molecule has 3 aromatic rings. The lowest BCUT2D eigenvalue weighted by molar-refractivity contribution is -0.121. The zero-order valence-corrected chi connectivity index (χ0v) is 29.9. The molecule has 3 rings (SSSR count). The number of ether oxygens (including phenoxy) is 1. The van der Waals surface area contributed by atoms with E-state index in [0.29, 0.717) is 42.8 Å². The molecule has 0 aliphatic heterocycles. The highest BCUT2D eigenvalue weighted by Gasteiger charge is 2.37. The van der Waals surface area contributed by atoms with Gasteiger partial charge in [0.2, 0.25) is 5.91 Å². The molecule has 0 saturated heterocycles. The van der Waals surface area contributed by atoms with Crippen molar-refractivity contribution in [1.29, 1.82) is 5.26 Å². The second-order valence-electron chi connectivity index (χ2n) is 13.9. The van der Waals surface area contributed by atoms with Crippen LogP contribution in [0.1, 0.15) is 44.8 Å². The van der Waals surface area contributed by atoms with Crippen LogP contribution < -0.4 is 5.32 Å². The third-order valence-corrected chi connectivity index (χ3v) is 14.2. The summed E-state index contributed by atoms with van der Waals surface area (Å²) in [5.74, 6) is 0.667. The molecule has 0 fully saturated rings. The number of halogens is 1. The number of nitrogens with zero attached hydrogens (tertiary/aromatic N) is 5.